The summed E-state index contributed by atoms with van der Waals surface area (Å²) in [5.41, 5.74) is 3.28. The van der Waals surface area contributed by atoms with E-state index in [9.17, 15) is 4.79 Å². The van der Waals surface area contributed by atoms with Crippen LogP contribution in [0.3, 0.4) is 0 Å². The molecule has 2 heterocycles. The van der Waals surface area contributed by atoms with Crippen molar-refractivity contribution >= 4 is 11.0 Å². The van der Waals surface area contributed by atoms with E-state index in [-0.39, 0.29) is 5.69 Å². The summed E-state index contributed by atoms with van der Waals surface area (Å²) in [4.78, 5) is 18.3. The zero-order valence-electron chi connectivity index (χ0n) is 17.0. The van der Waals surface area contributed by atoms with Gasteiger partial charge in [0, 0.05) is 25.2 Å². The number of ether oxygens (including phenoxy) is 1. The van der Waals surface area contributed by atoms with Crippen LogP contribution < -0.4 is 5.69 Å². The van der Waals surface area contributed by atoms with Crippen molar-refractivity contribution in [3.8, 4) is 0 Å². The summed E-state index contributed by atoms with van der Waals surface area (Å²) in [5.74, 6) is 0. The van der Waals surface area contributed by atoms with Crippen molar-refractivity contribution in [3.63, 3.8) is 0 Å². The van der Waals surface area contributed by atoms with Crippen LogP contribution >= 0.6 is 0 Å². The fourth-order valence-corrected chi connectivity index (χ4v) is 5.43. The van der Waals surface area contributed by atoms with E-state index in [2.05, 4.69) is 28.9 Å². The Bertz CT molecular complexity index is 866. The van der Waals surface area contributed by atoms with Crippen LogP contribution in [0.5, 0.6) is 0 Å². The molecule has 1 aliphatic heterocycles. The topological polar surface area (TPSA) is 50.3 Å². The van der Waals surface area contributed by atoms with Gasteiger partial charge >= 0.3 is 5.69 Å². The SMILES string of the molecule is Cc1ccc2[nH]c(=O)n(C3CCN([C@H]4CC[C@H](OC5CCC5)CC4)CC3)c2c1. The van der Waals surface area contributed by atoms with Gasteiger partial charge in [0.15, 0.2) is 0 Å². The zero-order chi connectivity index (χ0) is 19.1. The first-order valence-electron chi connectivity index (χ1n) is 11.3. The standard InChI is InChI=1S/C23H33N3O2/c1-16-5-10-21-22(15-16)26(23(27)24-21)18-11-13-25(14-12-18)17-6-8-20(9-7-17)28-19-3-2-4-19/h5,10,15,17-20H,2-4,6-9,11-14H2,1H3,(H,24,27)/t17-,20-. The molecule has 0 radical (unpaired) electrons. The van der Waals surface area contributed by atoms with E-state index in [0.29, 0.717) is 24.3 Å². The molecule has 0 spiro atoms. The Morgan fingerprint density at radius 3 is 2.32 bits per heavy atom. The first kappa shape index (κ1) is 18.4. The minimum atomic E-state index is 0.0488. The van der Waals surface area contributed by atoms with Crippen LogP contribution in [0.2, 0.25) is 0 Å². The van der Waals surface area contributed by atoms with Gasteiger partial charge in [0.2, 0.25) is 0 Å². The van der Waals surface area contributed by atoms with E-state index in [1.165, 1.54) is 50.5 Å². The second-order valence-corrected chi connectivity index (χ2v) is 9.21. The molecule has 1 saturated heterocycles. The molecular weight excluding hydrogens is 350 g/mol. The fourth-order valence-electron chi connectivity index (χ4n) is 5.43. The molecule has 2 saturated carbocycles. The quantitative estimate of drug-likeness (QED) is 0.863. The van der Waals surface area contributed by atoms with Gasteiger partial charge in [-0.2, -0.15) is 0 Å². The first-order valence-corrected chi connectivity index (χ1v) is 11.3. The lowest BCUT2D eigenvalue weighted by Crippen LogP contribution is -2.45. The van der Waals surface area contributed by atoms with Crippen LogP contribution in [0.25, 0.3) is 11.0 Å². The molecule has 0 bridgehead atoms. The van der Waals surface area contributed by atoms with Gasteiger partial charge in [0.1, 0.15) is 0 Å². The van der Waals surface area contributed by atoms with Crippen LogP contribution in [0.15, 0.2) is 23.0 Å². The van der Waals surface area contributed by atoms with Crippen molar-refractivity contribution in [1.82, 2.24) is 14.5 Å². The molecule has 3 fully saturated rings. The molecule has 2 aromatic rings. The maximum absolute atomic E-state index is 12.6. The van der Waals surface area contributed by atoms with Crippen LogP contribution in [-0.2, 0) is 4.74 Å². The number of benzene rings is 1. The van der Waals surface area contributed by atoms with Crippen molar-refractivity contribution in [1.29, 1.82) is 0 Å². The number of nitrogens with zero attached hydrogens (tertiary/aromatic N) is 2. The molecule has 5 nitrogen and oxygen atoms in total. The van der Waals surface area contributed by atoms with Gasteiger partial charge in [-0.15, -0.1) is 0 Å². The number of aromatic amines is 1. The number of nitrogens with one attached hydrogen (secondary N) is 1. The Hall–Kier alpha value is -1.59. The second-order valence-electron chi connectivity index (χ2n) is 9.21. The van der Waals surface area contributed by atoms with Crippen molar-refractivity contribution in [2.75, 3.05) is 13.1 Å². The highest BCUT2D eigenvalue weighted by Crippen LogP contribution is 2.33. The van der Waals surface area contributed by atoms with Gasteiger partial charge in [0.25, 0.3) is 0 Å². The van der Waals surface area contributed by atoms with Crippen molar-refractivity contribution in [3.05, 3.63) is 34.2 Å². The Kier molecular flexibility index (Phi) is 5.06. The molecular formula is C23H33N3O2. The van der Waals surface area contributed by atoms with Gasteiger partial charge in [-0.25, -0.2) is 4.79 Å². The highest BCUT2D eigenvalue weighted by atomic mass is 16.5. The number of hydrogen-bond donors (Lipinski definition) is 1. The molecule has 2 aliphatic carbocycles. The molecule has 1 aromatic carbocycles. The monoisotopic (exact) mass is 383 g/mol. The van der Waals surface area contributed by atoms with Gasteiger partial charge in [-0.05, 0) is 82.4 Å². The van der Waals surface area contributed by atoms with E-state index >= 15 is 0 Å². The summed E-state index contributed by atoms with van der Waals surface area (Å²) >= 11 is 0. The molecule has 0 unspecified atom stereocenters. The third kappa shape index (κ3) is 3.55. The lowest BCUT2D eigenvalue weighted by molar-refractivity contribution is -0.0737. The van der Waals surface area contributed by atoms with Gasteiger partial charge in [-0.3, -0.25) is 4.57 Å². The number of aryl methyl sites for hydroxylation is 1. The third-order valence-electron chi connectivity index (χ3n) is 7.33. The number of rotatable bonds is 4. The van der Waals surface area contributed by atoms with Crippen molar-refractivity contribution in [2.24, 2.45) is 0 Å². The Morgan fingerprint density at radius 1 is 0.929 bits per heavy atom. The number of aromatic nitrogens is 2. The summed E-state index contributed by atoms with van der Waals surface area (Å²) in [6.45, 7) is 4.30. The summed E-state index contributed by atoms with van der Waals surface area (Å²) in [7, 11) is 0. The fraction of sp³-hybridized carbons (Fsp3) is 0.696. The lowest BCUT2D eigenvalue weighted by atomic mass is 9.89. The molecule has 0 amide bonds. The number of fused-ring (bicyclic) bond motifs is 1. The molecule has 5 heteroatoms. The molecule has 5 rings (SSSR count). The number of piperidine rings is 1. The maximum atomic E-state index is 12.6. The molecule has 0 atom stereocenters. The van der Waals surface area contributed by atoms with Gasteiger partial charge < -0.3 is 14.6 Å². The Labute approximate surface area is 167 Å². The van der Waals surface area contributed by atoms with Crippen molar-refractivity contribution < 1.29 is 4.74 Å². The zero-order valence-corrected chi connectivity index (χ0v) is 17.0. The van der Waals surface area contributed by atoms with Crippen LogP contribution in [0.4, 0.5) is 0 Å². The molecule has 1 N–H and O–H groups in total. The summed E-state index contributed by atoms with van der Waals surface area (Å²) in [6, 6.07) is 7.27. The lowest BCUT2D eigenvalue weighted by Gasteiger charge is -2.42. The largest absolute Gasteiger partial charge is 0.375 e. The van der Waals surface area contributed by atoms with Crippen LogP contribution in [-0.4, -0.2) is 45.8 Å². The summed E-state index contributed by atoms with van der Waals surface area (Å²) < 4.78 is 8.25. The van der Waals surface area contributed by atoms with E-state index in [1.54, 1.807) is 0 Å². The number of H-pyrrole nitrogens is 1. The van der Waals surface area contributed by atoms with Crippen LogP contribution in [0, 0.1) is 6.92 Å². The highest BCUT2D eigenvalue weighted by Gasteiger charge is 2.32. The molecule has 3 aliphatic rings. The van der Waals surface area contributed by atoms with Crippen molar-refractivity contribution in [2.45, 2.75) is 89.0 Å². The first-order chi connectivity index (χ1) is 13.7. The van der Waals surface area contributed by atoms with Crippen LogP contribution in [0.1, 0.15) is 69.4 Å². The molecule has 28 heavy (non-hydrogen) atoms. The average Bonchev–Trinajstić information content (AvgIpc) is 3.00. The minimum Gasteiger partial charge on any atom is -0.375 e. The predicted octanol–water partition coefficient (Wildman–Crippen LogP) is 4.16. The number of hydrogen-bond acceptors (Lipinski definition) is 3. The highest BCUT2D eigenvalue weighted by molar-refractivity contribution is 5.76. The van der Waals surface area contributed by atoms with E-state index in [1.807, 2.05) is 10.6 Å². The minimum absolute atomic E-state index is 0.0488. The second kappa shape index (κ2) is 7.68. The average molecular weight is 384 g/mol. The molecule has 152 valence electrons. The Balaban J connectivity index is 1.19. The smallest absolute Gasteiger partial charge is 0.326 e. The number of likely N-dealkylation sites (tertiary alicyclic amines) is 1. The van der Waals surface area contributed by atoms with Gasteiger partial charge in [-0.1, -0.05) is 6.07 Å². The van der Waals surface area contributed by atoms with Gasteiger partial charge in [0.05, 0.1) is 23.2 Å². The maximum Gasteiger partial charge on any atom is 0.326 e. The Morgan fingerprint density at radius 2 is 1.64 bits per heavy atom. The normalized spacial score (nSPS) is 27.9. The van der Waals surface area contributed by atoms with E-state index in [4.69, 9.17) is 4.74 Å². The molecule has 1 aromatic heterocycles. The number of imidazole rings is 1. The van der Waals surface area contributed by atoms with E-state index < -0.39 is 0 Å². The predicted molar refractivity (Wildman–Crippen MR) is 112 cm³/mol. The third-order valence-corrected chi connectivity index (χ3v) is 7.33. The summed E-state index contributed by atoms with van der Waals surface area (Å²) in [6.07, 6.45) is 12.1. The van der Waals surface area contributed by atoms with E-state index in [0.717, 1.165) is 37.0 Å². The summed E-state index contributed by atoms with van der Waals surface area (Å²) in [5, 5.41) is 0.